The van der Waals surface area contributed by atoms with Gasteiger partial charge in [0.15, 0.2) is 0 Å². The maximum absolute atomic E-state index is 13.2. The van der Waals surface area contributed by atoms with E-state index in [0.717, 1.165) is 47.2 Å². The number of carbonyl (C=O) groups excluding carboxylic acids is 2. The molecule has 0 fully saturated rings. The minimum absolute atomic E-state index is 0.0739. The van der Waals surface area contributed by atoms with E-state index in [1.165, 1.54) is 12.1 Å². The number of allylic oxidation sites excluding steroid dienone is 2. The monoisotopic (exact) mass is 448 g/mol. The number of nitrogens with zero attached hydrogens (tertiary/aromatic N) is 1. The fourth-order valence-electron chi connectivity index (χ4n) is 4.21. The number of carbonyl (C=O) groups is 2. The van der Waals surface area contributed by atoms with E-state index in [2.05, 4.69) is 12.2 Å². The van der Waals surface area contributed by atoms with E-state index in [4.69, 9.17) is 0 Å². The van der Waals surface area contributed by atoms with Gasteiger partial charge in [-0.3, -0.25) is 9.59 Å². The molecule has 0 bridgehead atoms. The molecule has 2 aromatic carbocycles. The summed E-state index contributed by atoms with van der Waals surface area (Å²) < 4.78 is 13.2. The fraction of sp³-hybridized carbons (Fsp3) is 0.357. The summed E-state index contributed by atoms with van der Waals surface area (Å²) in [6.07, 6.45) is 7.28. The van der Waals surface area contributed by atoms with Gasteiger partial charge in [0.1, 0.15) is 5.82 Å². The van der Waals surface area contributed by atoms with E-state index < -0.39 is 0 Å². The molecular weight excluding hydrogens is 415 g/mol. The standard InChI is InChI=1S/C28H33FN2O2/c1-4-7-25(30-28(33)26-9-6-8-21(5-2)20(26)3)14-15-27(32)31-18-16-23(17-19-31)22-10-12-24(29)13-11-22/h6-13,16H,4-5,14-15,17-19H2,1-3H3,(H,30,33)/b25-7+. The molecule has 3 rings (SSSR count). The van der Waals surface area contributed by atoms with Gasteiger partial charge in [0, 0.05) is 30.8 Å². The van der Waals surface area contributed by atoms with Gasteiger partial charge < -0.3 is 10.2 Å². The Morgan fingerprint density at radius 2 is 1.85 bits per heavy atom. The first kappa shape index (κ1) is 24.4. The van der Waals surface area contributed by atoms with Gasteiger partial charge in [-0.25, -0.2) is 4.39 Å². The van der Waals surface area contributed by atoms with Crippen molar-refractivity contribution in [3.05, 3.63) is 88.4 Å². The molecule has 2 amide bonds. The molecule has 0 saturated heterocycles. The second-order valence-electron chi connectivity index (χ2n) is 8.36. The highest BCUT2D eigenvalue weighted by atomic mass is 19.1. The van der Waals surface area contributed by atoms with Crippen molar-refractivity contribution in [1.29, 1.82) is 0 Å². The minimum atomic E-state index is -0.247. The van der Waals surface area contributed by atoms with Crippen molar-refractivity contribution >= 4 is 17.4 Å². The Hall–Kier alpha value is -3.21. The van der Waals surface area contributed by atoms with Crippen LogP contribution < -0.4 is 5.32 Å². The number of halogens is 1. The highest BCUT2D eigenvalue weighted by Crippen LogP contribution is 2.23. The quantitative estimate of drug-likeness (QED) is 0.553. The number of benzene rings is 2. The number of rotatable bonds is 8. The summed E-state index contributed by atoms with van der Waals surface area (Å²) in [5.74, 6) is -0.298. The van der Waals surface area contributed by atoms with Crippen LogP contribution in [0, 0.1) is 12.7 Å². The molecule has 0 saturated carbocycles. The lowest BCUT2D eigenvalue weighted by Crippen LogP contribution is -2.35. The van der Waals surface area contributed by atoms with Crippen LogP contribution >= 0.6 is 0 Å². The predicted molar refractivity (Wildman–Crippen MR) is 131 cm³/mol. The van der Waals surface area contributed by atoms with Crippen molar-refractivity contribution in [3.63, 3.8) is 0 Å². The van der Waals surface area contributed by atoms with Gasteiger partial charge in [-0.1, -0.05) is 50.3 Å². The Morgan fingerprint density at radius 3 is 2.48 bits per heavy atom. The lowest BCUT2D eigenvalue weighted by molar-refractivity contribution is -0.130. The molecule has 5 heteroatoms. The van der Waals surface area contributed by atoms with Gasteiger partial charge in [0.25, 0.3) is 5.91 Å². The summed E-state index contributed by atoms with van der Waals surface area (Å²) in [6, 6.07) is 12.3. The summed E-state index contributed by atoms with van der Waals surface area (Å²) in [5.41, 5.74) is 5.77. The van der Waals surface area contributed by atoms with E-state index in [0.29, 0.717) is 31.5 Å². The number of hydrogen-bond acceptors (Lipinski definition) is 2. The molecule has 2 aromatic rings. The van der Waals surface area contributed by atoms with E-state index in [1.807, 2.05) is 49.1 Å². The van der Waals surface area contributed by atoms with Crippen LogP contribution in [0.2, 0.25) is 0 Å². The molecular formula is C28H33FN2O2. The van der Waals surface area contributed by atoms with Crippen LogP contribution in [0.25, 0.3) is 5.57 Å². The number of hydrogen-bond donors (Lipinski definition) is 1. The Kier molecular flexibility index (Phi) is 8.58. The van der Waals surface area contributed by atoms with Crippen molar-refractivity contribution < 1.29 is 14.0 Å². The molecule has 1 aliphatic rings. The Labute approximate surface area is 196 Å². The van der Waals surface area contributed by atoms with Gasteiger partial charge in [-0.05, 0) is 73.1 Å². The molecule has 0 atom stereocenters. The zero-order valence-electron chi connectivity index (χ0n) is 19.8. The first-order valence-electron chi connectivity index (χ1n) is 11.7. The molecule has 1 heterocycles. The molecule has 0 aromatic heterocycles. The Bertz CT molecular complexity index is 1050. The van der Waals surface area contributed by atoms with Crippen molar-refractivity contribution in [2.24, 2.45) is 0 Å². The first-order valence-corrected chi connectivity index (χ1v) is 11.7. The SMILES string of the molecule is CC/C=C(\CCC(=O)N1CC=C(c2ccc(F)cc2)CC1)NC(=O)c1cccc(CC)c1C. The highest BCUT2D eigenvalue weighted by Gasteiger charge is 2.19. The zero-order valence-corrected chi connectivity index (χ0v) is 19.8. The summed E-state index contributed by atoms with van der Waals surface area (Å²) >= 11 is 0. The van der Waals surface area contributed by atoms with Gasteiger partial charge >= 0.3 is 0 Å². The Balaban J connectivity index is 1.57. The van der Waals surface area contributed by atoms with Crippen LogP contribution in [0.3, 0.4) is 0 Å². The summed E-state index contributed by atoms with van der Waals surface area (Å²) in [5, 5.41) is 3.03. The number of aryl methyl sites for hydroxylation is 1. The largest absolute Gasteiger partial charge is 0.339 e. The first-order chi connectivity index (χ1) is 15.9. The average Bonchev–Trinajstić information content (AvgIpc) is 2.83. The van der Waals surface area contributed by atoms with Crippen LogP contribution in [0.5, 0.6) is 0 Å². The summed E-state index contributed by atoms with van der Waals surface area (Å²) in [6.45, 7) is 7.27. The molecule has 0 spiro atoms. The molecule has 0 aliphatic carbocycles. The van der Waals surface area contributed by atoms with E-state index in [9.17, 15) is 14.0 Å². The van der Waals surface area contributed by atoms with Crippen molar-refractivity contribution in [2.45, 2.75) is 52.9 Å². The van der Waals surface area contributed by atoms with Gasteiger partial charge in [-0.15, -0.1) is 0 Å². The minimum Gasteiger partial charge on any atom is -0.339 e. The average molecular weight is 449 g/mol. The summed E-state index contributed by atoms with van der Waals surface area (Å²) in [4.78, 5) is 27.5. The van der Waals surface area contributed by atoms with E-state index in [-0.39, 0.29) is 17.6 Å². The second-order valence-corrected chi connectivity index (χ2v) is 8.36. The number of amides is 2. The van der Waals surface area contributed by atoms with Crippen molar-refractivity contribution in [3.8, 4) is 0 Å². The highest BCUT2D eigenvalue weighted by molar-refractivity contribution is 5.97. The number of nitrogens with one attached hydrogen (secondary N) is 1. The van der Waals surface area contributed by atoms with Crippen LogP contribution in [0.4, 0.5) is 4.39 Å². The van der Waals surface area contributed by atoms with Crippen molar-refractivity contribution in [2.75, 3.05) is 13.1 Å². The van der Waals surface area contributed by atoms with Crippen LogP contribution in [0.1, 0.15) is 66.6 Å². The molecule has 4 nitrogen and oxygen atoms in total. The van der Waals surface area contributed by atoms with E-state index in [1.54, 1.807) is 12.1 Å². The lowest BCUT2D eigenvalue weighted by atomic mass is 9.99. The maximum Gasteiger partial charge on any atom is 0.255 e. The third-order valence-electron chi connectivity index (χ3n) is 6.18. The Morgan fingerprint density at radius 1 is 1.09 bits per heavy atom. The van der Waals surface area contributed by atoms with Gasteiger partial charge in [-0.2, -0.15) is 0 Å². The van der Waals surface area contributed by atoms with Crippen molar-refractivity contribution in [1.82, 2.24) is 10.2 Å². The molecule has 0 radical (unpaired) electrons. The van der Waals surface area contributed by atoms with Crippen LogP contribution in [-0.4, -0.2) is 29.8 Å². The van der Waals surface area contributed by atoms with Crippen LogP contribution in [0.15, 0.2) is 60.3 Å². The van der Waals surface area contributed by atoms with Gasteiger partial charge in [0.05, 0.1) is 0 Å². The maximum atomic E-state index is 13.2. The fourth-order valence-corrected chi connectivity index (χ4v) is 4.21. The predicted octanol–water partition coefficient (Wildman–Crippen LogP) is 5.82. The second kappa shape index (κ2) is 11.6. The zero-order chi connectivity index (χ0) is 23.8. The molecule has 0 unspecified atom stereocenters. The molecule has 1 N–H and O–H groups in total. The molecule has 1 aliphatic heterocycles. The lowest BCUT2D eigenvalue weighted by Gasteiger charge is -2.27. The smallest absolute Gasteiger partial charge is 0.255 e. The molecule has 33 heavy (non-hydrogen) atoms. The molecule has 174 valence electrons. The topological polar surface area (TPSA) is 49.4 Å². The normalized spacial score (nSPS) is 14.1. The third kappa shape index (κ3) is 6.41. The van der Waals surface area contributed by atoms with Crippen LogP contribution in [-0.2, 0) is 11.2 Å². The van der Waals surface area contributed by atoms with E-state index >= 15 is 0 Å². The third-order valence-corrected chi connectivity index (χ3v) is 6.18. The summed E-state index contributed by atoms with van der Waals surface area (Å²) in [7, 11) is 0. The van der Waals surface area contributed by atoms with Gasteiger partial charge in [0.2, 0.25) is 5.91 Å².